The molecule has 2 atom stereocenters. The Morgan fingerprint density at radius 1 is 0.933 bits per heavy atom. The van der Waals surface area contributed by atoms with Crippen molar-refractivity contribution in [3.63, 3.8) is 0 Å². The Morgan fingerprint density at radius 2 is 1.63 bits per heavy atom. The van der Waals surface area contributed by atoms with Crippen LogP contribution in [0.5, 0.6) is 0 Å². The average molecular weight is 420 g/mol. The molecule has 1 aromatic heterocycles. The van der Waals surface area contributed by atoms with Crippen molar-refractivity contribution in [1.29, 1.82) is 0 Å². The molecule has 0 spiro atoms. The van der Waals surface area contributed by atoms with Crippen LogP contribution in [0.3, 0.4) is 0 Å². The van der Waals surface area contributed by atoms with Gasteiger partial charge in [0.05, 0.1) is 17.2 Å². The van der Waals surface area contributed by atoms with Crippen molar-refractivity contribution in [2.24, 2.45) is 25.0 Å². The zero-order valence-electron chi connectivity index (χ0n) is 16.6. The molecule has 2 aliphatic rings. The summed E-state index contributed by atoms with van der Waals surface area (Å²) in [6.45, 7) is 1.90. The Kier molecular flexibility index (Phi) is 3.98. The second-order valence-corrected chi connectivity index (χ2v) is 8.22. The van der Waals surface area contributed by atoms with E-state index in [4.69, 9.17) is 11.6 Å². The number of aryl methyl sites for hydroxylation is 1. The van der Waals surface area contributed by atoms with E-state index in [9.17, 15) is 14.4 Å². The molecule has 0 amide bonds. The predicted octanol–water partition coefficient (Wildman–Crippen LogP) is 3.12. The minimum atomic E-state index is -0.640. The Morgan fingerprint density at radius 3 is 2.33 bits per heavy atom. The van der Waals surface area contributed by atoms with Gasteiger partial charge in [0.25, 0.3) is 5.56 Å². The Labute approximate surface area is 177 Å². The number of fused-ring (bicyclic) bond motifs is 4. The molecule has 1 aliphatic carbocycles. The van der Waals surface area contributed by atoms with Crippen LogP contribution in [0.2, 0.25) is 5.02 Å². The van der Waals surface area contributed by atoms with Crippen molar-refractivity contribution in [2.75, 3.05) is 0 Å². The molecule has 5 rings (SSSR count). The van der Waals surface area contributed by atoms with Crippen LogP contribution in [0, 0.1) is 12.8 Å². The van der Waals surface area contributed by atoms with E-state index in [0.717, 1.165) is 21.3 Å². The highest BCUT2D eigenvalue weighted by Gasteiger charge is 2.47. The summed E-state index contributed by atoms with van der Waals surface area (Å²) in [5, 5.41) is 0.558. The third kappa shape index (κ3) is 2.37. The normalized spacial score (nSPS) is 19.2. The number of aromatic nitrogens is 2. The molecule has 0 saturated heterocycles. The van der Waals surface area contributed by atoms with Gasteiger partial charge in [-0.2, -0.15) is 0 Å². The monoisotopic (exact) mass is 419 g/mol. The Hall–Kier alpha value is -3.25. The Bertz CT molecular complexity index is 1410. The molecule has 0 N–H and O–H groups in total. The van der Waals surface area contributed by atoms with Crippen molar-refractivity contribution < 1.29 is 4.79 Å². The maximum Gasteiger partial charge on any atom is 0.332 e. The summed E-state index contributed by atoms with van der Waals surface area (Å²) >= 11 is 6.40. The number of nitrogens with zero attached hydrogens (tertiary/aromatic N) is 3. The lowest BCUT2D eigenvalue weighted by atomic mass is 9.76. The molecule has 0 saturated carbocycles. The van der Waals surface area contributed by atoms with E-state index >= 15 is 0 Å². The molecular weight excluding hydrogens is 402 g/mol. The van der Waals surface area contributed by atoms with E-state index in [1.807, 2.05) is 37.3 Å². The molecule has 2 heterocycles. The van der Waals surface area contributed by atoms with Gasteiger partial charge < -0.3 is 0 Å². The van der Waals surface area contributed by atoms with Crippen molar-refractivity contribution in [1.82, 2.24) is 9.13 Å². The summed E-state index contributed by atoms with van der Waals surface area (Å²) in [5.41, 5.74) is 3.01. The van der Waals surface area contributed by atoms with Gasteiger partial charge in [0.15, 0.2) is 5.78 Å². The molecule has 7 heteroatoms. The third-order valence-electron chi connectivity index (χ3n) is 6.14. The minimum absolute atomic E-state index is 0.0763. The second kappa shape index (κ2) is 6.37. The highest BCUT2D eigenvalue weighted by Crippen LogP contribution is 2.46. The fourth-order valence-corrected chi connectivity index (χ4v) is 4.72. The molecule has 1 aliphatic heterocycles. The maximum atomic E-state index is 13.4. The largest absolute Gasteiger partial charge is 0.332 e. The lowest BCUT2D eigenvalue weighted by molar-refractivity contribution is 0.0953. The predicted molar refractivity (Wildman–Crippen MR) is 115 cm³/mol. The molecule has 0 radical (unpaired) electrons. The van der Waals surface area contributed by atoms with Gasteiger partial charge in [0.2, 0.25) is 0 Å². The number of Topliss-reactive ketones (excluding diaryl/α,β-unsaturated/α-hetero) is 1. The van der Waals surface area contributed by atoms with Crippen molar-refractivity contribution in [2.45, 2.75) is 12.8 Å². The summed E-state index contributed by atoms with van der Waals surface area (Å²) in [7, 11) is 3.03. The van der Waals surface area contributed by atoms with Crippen LogP contribution in [-0.4, -0.2) is 20.6 Å². The van der Waals surface area contributed by atoms with Crippen LogP contribution in [-0.2, 0) is 14.1 Å². The first-order chi connectivity index (χ1) is 14.3. The summed E-state index contributed by atoms with van der Waals surface area (Å²) in [6, 6.07) is 12.9. The van der Waals surface area contributed by atoms with Crippen molar-refractivity contribution >= 4 is 28.9 Å². The summed E-state index contributed by atoms with van der Waals surface area (Å²) < 4.78 is 2.43. The molecule has 0 bridgehead atoms. The summed E-state index contributed by atoms with van der Waals surface area (Å²) in [4.78, 5) is 43.9. The molecular formula is C23H18ClN3O3. The molecule has 2 aromatic carbocycles. The first-order valence-corrected chi connectivity index (χ1v) is 9.97. The summed E-state index contributed by atoms with van der Waals surface area (Å²) in [5.74, 6) is -1.01. The van der Waals surface area contributed by atoms with Gasteiger partial charge in [-0.3, -0.25) is 18.7 Å². The molecule has 30 heavy (non-hydrogen) atoms. The van der Waals surface area contributed by atoms with Gasteiger partial charge in [-0.05, 0) is 24.1 Å². The van der Waals surface area contributed by atoms with E-state index in [-0.39, 0.29) is 5.78 Å². The molecule has 6 nitrogen and oxygen atoms in total. The minimum Gasteiger partial charge on any atom is -0.293 e. The number of ketones is 1. The van der Waals surface area contributed by atoms with Crippen molar-refractivity contribution in [3.8, 4) is 0 Å². The number of benzene rings is 2. The maximum absolute atomic E-state index is 13.4. The second-order valence-electron chi connectivity index (χ2n) is 7.81. The van der Waals surface area contributed by atoms with E-state index in [1.54, 1.807) is 19.2 Å². The third-order valence-corrected chi connectivity index (χ3v) is 6.55. The van der Waals surface area contributed by atoms with Crippen LogP contribution in [0.4, 0.5) is 5.82 Å². The number of halogens is 1. The lowest BCUT2D eigenvalue weighted by Crippen LogP contribution is -2.43. The highest BCUT2D eigenvalue weighted by molar-refractivity contribution is 6.31. The molecule has 0 unspecified atom stereocenters. The van der Waals surface area contributed by atoms with Gasteiger partial charge in [0.1, 0.15) is 5.82 Å². The number of hydrogen-bond donors (Lipinski definition) is 0. The smallest absolute Gasteiger partial charge is 0.293 e. The molecule has 3 aromatic rings. The van der Waals surface area contributed by atoms with Gasteiger partial charge >= 0.3 is 5.69 Å². The molecule has 150 valence electrons. The Balaban J connectivity index is 1.91. The fraction of sp³-hybridized carbons (Fsp3) is 0.217. The highest BCUT2D eigenvalue weighted by atomic mass is 35.5. The first kappa shape index (κ1) is 18.8. The van der Waals surface area contributed by atoms with Gasteiger partial charge in [-0.1, -0.05) is 48.0 Å². The fourth-order valence-electron chi connectivity index (χ4n) is 4.53. The SMILES string of the molecule is Cc1ccc([C@H]2c3c(n(C)c(=O)n(C)c3=O)N=C3c4ccccc4C(=O)[C@@H]32)cc1Cl. The van der Waals surface area contributed by atoms with Gasteiger partial charge in [-0.25, -0.2) is 9.79 Å². The topological polar surface area (TPSA) is 73.4 Å². The number of aliphatic imine (C=N–C) groups is 1. The standard InChI is InChI=1S/C23H18ClN3O3/c1-11-8-9-12(10-15(11)24)16-17-19(13-6-4-5-7-14(13)20(17)28)25-21-18(16)22(29)27(3)23(30)26(21)2/h4-10,16-17H,1-3H3/t16-,17-/m1/s1. The van der Waals surface area contributed by atoms with E-state index in [2.05, 4.69) is 4.99 Å². The number of hydrogen-bond acceptors (Lipinski definition) is 4. The van der Waals surface area contributed by atoms with Crippen LogP contribution >= 0.6 is 11.6 Å². The van der Waals surface area contributed by atoms with Crippen LogP contribution in [0.25, 0.3) is 0 Å². The van der Waals surface area contributed by atoms with E-state index in [1.165, 1.54) is 11.6 Å². The van der Waals surface area contributed by atoms with E-state index < -0.39 is 23.1 Å². The number of carbonyl (C=O) groups is 1. The van der Waals surface area contributed by atoms with E-state index in [0.29, 0.717) is 27.7 Å². The quantitative estimate of drug-likeness (QED) is 0.608. The average Bonchev–Trinajstić information content (AvgIpc) is 3.03. The zero-order valence-corrected chi connectivity index (χ0v) is 17.4. The van der Waals surface area contributed by atoms with Crippen molar-refractivity contribution in [3.05, 3.63) is 96.1 Å². The lowest BCUT2D eigenvalue weighted by Gasteiger charge is -2.30. The van der Waals surface area contributed by atoms with Gasteiger partial charge in [0, 0.05) is 36.2 Å². The first-order valence-electron chi connectivity index (χ1n) is 9.59. The van der Waals surface area contributed by atoms with Crippen LogP contribution in [0.15, 0.2) is 57.0 Å². The summed E-state index contributed by atoms with van der Waals surface area (Å²) in [6.07, 6.45) is 0. The van der Waals surface area contributed by atoms with Crippen LogP contribution in [0.1, 0.15) is 38.5 Å². The molecule has 0 fully saturated rings. The van der Waals surface area contributed by atoms with Crippen LogP contribution < -0.4 is 11.2 Å². The zero-order chi connectivity index (χ0) is 21.3. The number of carbonyl (C=O) groups excluding carboxylic acids is 1. The number of rotatable bonds is 1. The van der Waals surface area contributed by atoms with Gasteiger partial charge in [-0.15, -0.1) is 0 Å².